The lowest BCUT2D eigenvalue weighted by Gasteiger charge is -2.39. The van der Waals surface area contributed by atoms with E-state index in [0.717, 1.165) is 16.8 Å². The normalized spacial score (nSPS) is 17.7. The Kier molecular flexibility index (Phi) is 4.49. The van der Waals surface area contributed by atoms with Gasteiger partial charge in [-0.25, -0.2) is 0 Å². The van der Waals surface area contributed by atoms with E-state index < -0.39 is 0 Å². The Morgan fingerprint density at radius 3 is 2.56 bits per heavy atom. The molecule has 1 aliphatic heterocycles. The van der Waals surface area contributed by atoms with Crippen molar-refractivity contribution in [1.29, 1.82) is 0 Å². The van der Waals surface area contributed by atoms with E-state index in [9.17, 15) is 14.7 Å². The smallest absolute Gasteiger partial charge is 0.258 e. The van der Waals surface area contributed by atoms with Gasteiger partial charge in [0.25, 0.3) is 5.91 Å². The fraction of sp³-hybridized carbons (Fsp3) is 0.300. The fourth-order valence-electron chi connectivity index (χ4n) is 3.14. The number of phenols is 1. The summed E-state index contributed by atoms with van der Waals surface area (Å²) in [7, 11) is 0. The van der Waals surface area contributed by atoms with Gasteiger partial charge in [0.15, 0.2) is 0 Å². The second-order valence-corrected chi connectivity index (χ2v) is 6.65. The number of anilines is 1. The number of carbonyl (C=O) groups excluding carboxylic acids is 2. The van der Waals surface area contributed by atoms with Gasteiger partial charge in [0.1, 0.15) is 12.3 Å². The lowest BCUT2D eigenvalue weighted by molar-refractivity contribution is -0.121. The van der Waals surface area contributed by atoms with Crippen molar-refractivity contribution in [2.75, 3.05) is 18.0 Å². The zero-order chi connectivity index (χ0) is 18.1. The summed E-state index contributed by atoms with van der Waals surface area (Å²) in [6.07, 6.45) is 0. The van der Waals surface area contributed by atoms with Crippen LogP contribution in [0.1, 0.15) is 28.4 Å². The van der Waals surface area contributed by atoms with Crippen molar-refractivity contribution in [2.24, 2.45) is 0 Å². The molecule has 0 spiro atoms. The first-order valence-electron chi connectivity index (χ1n) is 8.34. The Hall–Kier alpha value is -2.82. The number of amides is 2. The molecular weight excluding hydrogens is 316 g/mol. The Labute approximate surface area is 147 Å². The molecule has 1 atom stereocenters. The predicted molar refractivity (Wildman–Crippen MR) is 96.9 cm³/mol. The number of benzene rings is 2. The molecule has 2 aromatic rings. The maximum atomic E-state index is 12.8. The maximum Gasteiger partial charge on any atom is 0.258 e. The Bertz CT molecular complexity index is 831. The number of phenolic OH excluding ortho intramolecular Hbond substituents is 1. The quantitative estimate of drug-likeness (QED) is 0.916. The number of piperazine rings is 1. The molecule has 0 aromatic heterocycles. The standard InChI is InChI=1S/C20H22N2O3/c1-13-5-4-6-16(9-13)22-11-15(3)21(12-19(22)24)20(25)17-10-14(2)7-8-18(17)23/h4-10,15,23H,11-12H2,1-3H3/t15-/m1/s1. The summed E-state index contributed by atoms with van der Waals surface area (Å²) < 4.78 is 0. The van der Waals surface area contributed by atoms with Crippen LogP contribution in [0.25, 0.3) is 0 Å². The summed E-state index contributed by atoms with van der Waals surface area (Å²) in [5.74, 6) is -0.494. The number of aromatic hydroxyl groups is 1. The van der Waals surface area contributed by atoms with E-state index in [1.807, 2.05) is 45.0 Å². The van der Waals surface area contributed by atoms with Gasteiger partial charge in [-0.2, -0.15) is 0 Å². The van der Waals surface area contributed by atoms with Crippen LogP contribution in [0.2, 0.25) is 0 Å². The van der Waals surface area contributed by atoms with Crippen molar-refractivity contribution < 1.29 is 14.7 Å². The third-order valence-electron chi connectivity index (χ3n) is 4.54. The number of rotatable bonds is 2. The van der Waals surface area contributed by atoms with Crippen molar-refractivity contribution in [3.63, 3.8) is 0 Å². The molecule has 0 saturated carbocycles. The molecule has 0 unspecified atom stereocenters. The average Bonchev–Trinajstić information content (AvgIpc) is 2.58. The largest absolute Gasteiger partial charge is 0.507 e. The topological polar surface area (TPSA) is 60.9 Å². The number of hydrogen-bond donors (Lipinski definition) is 1. The molecule has 5 nitrogen and oxygen atoms in total. The van der Waals surface area contributed by atoms with Crippen LogP contribution in [0.4, 0.5) is 5.69 Å². The number of hydrogen-bond acceptors (Lipinski definition) is 3. The van der Waals surface area contributed by atoms with Gasteiger partial charge in [0.05, 0.1) is 5.56 Å². The van der Waals surface area contributed by atoms with E-state index in [-0.39, 0.29) is 35.7 Å². The lowest BCUT2D eigenvalue weighted by atomic mass is 10.1. The van der Waals surface area contributed by atoms with Gasteiger partial charge >= 0.3 is 0 Å². The average molecular weight is 338 g/mol. The highest BCUT2D eigenvalue weighted by atomic mass is 16.3. The zero-order valence-electron chi connectivity index (χ0n) is 14.7. The first kappa shape index (κ1) is 17.0. The monoisotopic (exact) mass is 338 g/mol. The van der Waals surface area contributed by atoms with Crippen molar-refractivity contribution in [1.82, 2.24) is 4.90 Å². The lowest BCUT2D eigenvalue weighted by Crippen LogP contribution is -2.57. The Balaban J connectivity index is 1.84. The molecule has 25 heavy (non-hydrogen) atoms. The second-order valence-electron chi connectivity index (χ2n) is 6.65. The molecule has 1 heterocycles. The number of carbonyl (C=O) groups is 2. The molecule has 1 aliphatic rings. The van der Waals surface area contributed by atoms with Gasteiger partial charge in [0, 0.05) is 18.3 Å². The summed E-state index contributed by atoms with van der Waals surface area (Å²) in [6.45, 7) is 6.19. The zero-order valence-corrected chi connectivity index (χ0v) is 14.7. The van der Waals surface area contributed by atoms with Gasteiger partial charge in [0.2, 0.25) is 5.91 Å². The Morgan fingerprint density at radius 2 is 1.84 bits per heavy atom. The van der Waals surface area contributed by atoms with E-state index in [0.29, 0.717) is 6.54 Å². The van der Waals surface area contributed by atoms with Crippen LogP contribution in [-0.2, 0) is 4.79 Å². The minimum atomic E-state index is -0.314. The fourth-order valence-corrected chi connectivity index (χ4v) is 3.14. The third-order valence-corrected chi connectivity index (χ3v) is 4.54. The third kappa shape index (κ3) is 3.36. The van der Waals surface area contributed by atoms with Crippen LogP contribution < -0.4 is 4.90 Å². The van der Waals surface area contributed by atoms with Gasteiger partial charge in [-0.1, -0.05) is 23.8 Å². The van der Waals surface area contributed by atoms with Crippen LogP contribution in [0, 0.1) is 13.8 Å². The predicted octanol–water partition coefficient (Wildman–Crippen LogP) is 2.89. The van der Waals surface area contributed by atoms with Gasteiger partial charge < -0.3 is 14.9 Å². The molecule has 0 bridgehead atoms. The second kappa shape index (κ2) is 6.59. The van der Waals surface area contributed by atoms with Gasteiger partial charge in [-0.05, 0) is 50.6 Å². The SMILES string of the molecule is Cc1cccc(N2C[C@@H](C)N(C(=O)c3cc(C)ccc3O)CC2=O)c1. The van der Waals surface area contributed by atoms with E-state index >= 15 is 0 Å². The molecule has 5 heteroatoms. The minimum Gasteiger partial charge on any atom is -0.507 e. The molecule has 1 fully saturated rings. The van der Waals surface area contributed by atoms with E-state index in [1.165, 1.54) is 11.0 Å². The summed E-state index contributed by atoms with van der Waals surface area (Å²) in [5, 5.41) is 10.0. The van der Waals surface area contributed by atoms with Crippen molar-refractivity contribution >= 4 is 17.5 Å². The summed E-state index contributed by atoms with van der Waals surface area (Å²) in [6, 6.07) is 12.5. The molecule has 1 N–H and O–H groups in total. The highest BCUT2D eigenvalue weighted by Gasteiger charge is 2.34. The van der Waals surface area contributed by atoms with E-state index in [4.69, 9.17) is 0 Å². The van der Waals surface area contributed by atoms with Crippen LogP contribution >= 0.6 is 0 Å². The molecular formula is C20H22N2O3. The minimum absolute atomic E-state index is 0.00131. The summed E-state index contributed by atoms with van der Waals surface area (Å²) in [5.41, 5.74) is 3.06. The van der Waals surface area contributed by atoms with Crippen molar-refractivity contribution in [3.05, 3.63) is 59.2 Å². The Morgan fingerprint density at radius 1 is 1.12 bits per heavy atom. The van der Waals surface area contributed by atoms with Crippen molar-refractivity contribution in [3.8, 4) is 5.75 Å². The van der Waals surface area contributed by atoms with Crippen LogP contribution in [0.5, 0.6) is 5.75 Å². The van der Waals surface area contributed by atoms with Gasteiger partial charge in [-0.15, -0.1) is 0 Å². The summed E-state index contributed by atoms with van der Waals surface area (Å²) >= 11 is 0. The molecule has 3 rings (SSSR count). The first-order valence-corrected chi connectivity index (χ1v) is 8.34. The molecule has 2 amide bonds. The molecule has 2 aromatic carbocycles. The number of aryl methyl sites for hydroxylation is 2. The highest BCUT2D eigenvalue weighted by molar-refractivity contribution is 6.03. The molecule has 130 valence electrons. The van der Waals surface area contributed by atoms with Crippen molar-refractivity contribution in [2.45, 2.75) is 26.8 Å². The van der Waals surface area contributed by atoms with E-state index in [2.05, 4.69) is 0 Å². The number of nitrogens with zero attached hydrogens (tertiary/aromatic N) is 2. The maximum absolute atomic E-state index is 12.8. The molecule has 0 radical (unpaired) electrons. The van der Waals surface area contributed by atoms with Crippen LogP contribution in [-0.4, -0.2) is 41.0 Å². The summed E-state index contributed by atoms with van der Waals surface area (Å²) in [4.78, 5) is 28.7. The molecule has 0 aliphatic carbocycles. The first-order chi connectivity index (χ1) is 11.9. The van der Waals surface area contributed by atoms with Gasteiger partial charge in [-0.3, -0.25) is 9.59 Å². The van der Waals surface area contributed by atoms with E-state index in [1.54, 1.807) is 17.0 Å². The highest BCUT2D eigenvalue weighted by Crippen LogP contribution is 2.25. The molecule has 1 saturated heterocycles. The van der Waals surface area contributed by atoms with Crippen LogP contribution in [0.3, 0.4) is 0 Å². The van der Waals surface area contributed by atoms with Crippen LogP contribution in [0.15, 0.2) is 42.5 Å².